The van der Waals surface area contributed by atoms with Crippen molar-refractivity contribution >= 4 is 30.2 Å². The molecular weight excluding hydrogens is 490 g/mol. The average Bonchev–Trinajstić information content (AvgIpc) is 2.76. The fourth-order valence-corrected chi connectivity index (χ4v) is 5.60. The third-order valence-electron chi connectivity index (χ3n) is 7.21. The van der Waals surface area contributed by atoms with E-state index in [1.54, 1.807) is 0 Å². The number of hydrogen-bond acceptors (Lipinski definition) is 2. The fourth-order valence-electron chi connectivity index (χ4n) is 4.04. The predicted molar refractivity (Wildman–Crippen MR) is 143 cm³/mol. The second-order valence-electron chi connectivity index (χ2n) is 10.6. The number of rotatable bonds is 6. The predicted octanol–water partition coefficient (Wildman–Crippen LogP) is 7.90. The number of amides is 1. The molecule has 3 atom stereocenters. The SMILES string of the molecule is CC[C@@H]1CC(=O)N(Cc2ccccc2)[C@@H](c2ccc(Br)cc2)/C=C\[C@@H]1O[Si](C)(C)C(C)(C)C. The molecule has 1 aliphatic heterocycles. The van der Waals surface area contributed by atoms with E-state index < -0.39 is 8.32 Å². The molecule has 33 heavy (non-hydrogen) atoms. The molecule has 0 bridgehead atoms. The number of benzene rings is 2. The van der Waals surface area contributed by atoms with Crippen LogP contribution in [0.3, 0.4) is 0 Å². The van der Waals surface area contributed by atoms with E-state index >= 15 is 0 Å². The third kappa shape index (κ3) is 6.46. The van der Waals surface area contributed by atoms with Gasteiger partial charge < -0.3 is 9.33 Å². The van der Waals surface area contributed by atoms with Gasteiger partial charge in [-0.2, -0.15) is 0 Å². The van der Waals surface area contributed by atoms with Crippen molar-refractivity contribution in [2.75, 3.05) is 0 Å². The summed E-state index contributed by atoms with van der Waals surface area (Å²) in [5, 5.41) is 0.121. The van der Waals surface area contributed by atoms with Crippen LogP contribution in [0.4, 0.5) is 0 Å². The van der Waals surface area contributed by atoms with Crippen molar-refractivity contribution in [1.29, 1.82) is 0 Å². The third-order valence-corrected chi connectivity index (χ3v) is 12.2. The molecule has 3 nitrogen and oxygen atoms in total. The topological polar surface area (TPSA) is 29.5 Å². The summed E-state index contributed by atoms with van der Waals surface area (Å²) < 4.78 is 7.90. The van der Waals surface area contributed by atoms with E-state index in [4.69, 9.17) is 4.43 Å². The van der Waals surface area contributed by atoms with Gasteiger partial charge in [-0.3, -0.25) is 4.79 Å². The summed E-state index contributed by atoms with van der Waals surface area (Å²) in [4.78, 5) is 15.8. The molecule has 178 valence electrons. The lowest BCUT2D eigenvalue weighted by atomic mass is 9.90. The van der Waals surface area contributed by atoms with Crippen molar-refractivity contribution in [3.8, 4) is 0 Å². The Morgan fingerprint density at radius 1 is 1.03 bits per heavy atom. The fraction of sp³-hybridized carbons (Fsp3) is 0.464. The van der Waals surface area contributed by atoms with Crippen molar-refractivity contribution in [1.82, 2.24) is 4.90 Å². The van der Waals surface area contributed by atoms with Crippen LogP contribution in [-0.4, -0.2) is 25.2 Å². The summed E-state index contributed by atoms with van der Waals surface area (Å²) in [6.45, 7) is 14.2. The van der Waals surface area contributed by atoms with Gasteiger partial charge in [0.1, 0.15) is 0 Å². The van der Waals surface area contributed by atoms with Crippen LogP contribution in [0, 0.1) is 5.92 Å². The van der Waals surface area contributed by atoms with Crippen molar-refractivity contribution in [2.45, 2.75) is 77.4 Å². The van der Waals surface area contributed by atoms with E-state index in [2.05, 4.69) is 93.1 Å². The maximum Gasteiger partial charge on any atom is 0.224 e. The van der Waals surface area contributed by atoms with Gasteiger partial charge in [-0.25, -0.2) is 0 Å². The zero-order valence-corrected chi connectivity index (χ0v) is 23.4. The van der Waals surface area contributed by atoms with E-state index in [-0.39, 0.29) is 29.0 Å². The van der Waals surface area contributed by atoms with Crippen LogP contribution in [0.5, 0.6) is 0 Å². The highest BCUT2D eigenvalue weighted by atomic mass is 79.9. The maximum absolute atomic E-state index is 13.7. The molecule has 0 N–H and O–H groups in total. The van der Waals surface area contributed by atoms with Gasteiger partial charge in [0, 0.05) is 17.4 Å². The summed E-state index contributed by atoms with van der Waals surface area (Å²) in [5.74, 6) is 0.360. The van der Waals surface area contributed by atoms with E-state index in [9.17, 15) is 4.79 Å². The molecule has 2 aromatic carbocycles. The van der Waals surface area contributed by atoms with Crippen LogP contribution < -0.4 is 0 Å². The molecular formula is C28H38BrNO2Si. The summed E-state index contributed by atoms with van der Waals surface area (Å²) in [6, 6.07) is 18.4. The second kappa shape index (κ2) is 10.7. The molecule has 3 rings (SSSR count). The van der Waals surface area contributed by atoms with Crippen LogP contribution in [-0.2, 0) is 15.8 Å². The quantitative estimate of drug-likeness (QED) is 0.282. The largest absolute Gasteiger partial charge is 0.410 e. The van der Waals surface area contributed by atoms with Gasteiger partial charge in [-0.05, 0) is 47.3 Å². The summed E-state index contributed by atoms with van der Waals surface area (Å²) in [6.07, 6.45) is 5.81. The van der Waals surface area contributed by atoms with Gasteiger partial charge in [0.05, 0.1) is 12.1 Å². The van der Waals surface area contributed by atoms with Gasteiger partial charge in [0.2, 0.25) is 5.91 Å². The van der Waals surface area contributed by atoms with Crippen molar-refractivity contribution in [2.24, 2.45) is 5.92 Å². The molecule has 0 saturated carbocycles. The summed E-state index contributed by atoms with van der Waals surface area (Å²) in [5.41, 5.74) is 2.25. The van der Waals surface area contributed by atoms with Gasteiger partial charge in [-0.15, -0.1) is 0 Å². The molecule has 1 heterocycles. The second-order valence-corrected chi connectivity index (χ2v) is 16.3. The minimum absolute atomic E-state index is 0.0448. The van der Waals surface area contributed by atoms with E-state index in [0.717, 1.165) is 22.0 Å². The Kier molecular flexibility index (Phi) is 8.41. The van der Waals surface area contributed by atoms with Gasteiger partial charge in [0.25, 0.3) is 0 Å². The molecule has 0 unspecified atom stereocenters. The van der Waals surface area contributed by atoms with Crippen molar-refractivity contribution in [3.05, 3.63) is 82.3 Å². The van der Waals surface area contributed by atoms with Gasteiger partial charge in [-0.1, -0.05) is 105 Å². The minimum Gasteiger partial charge on any atom is -0.410 e. The van der Waals surface area contributed by atoms with Crippen molar-refractivity contribution < 1.29 is 9.22 Å². The van der Waals surface area contributed by atoms with Crippen molar-refractivity contribution in [3.63, 3.8) is 0 Å². The maximum atomic E-state index is 13.7. The minimum atomic E-state index is -1.98. The van der Waals surface area contributed by atoms with Gasteiger partial charge in [0.15, 0.2) is 8.32 Å². The number of carbonyl (C=O) groups excluding carboxylic acids is 1. The Balaban J connectivity index is 2.01. The highest BCUT2D eigenvalue weighted by Crippen LogP contribution is 2.40. The molecule has 2 aromatic rings. The normalized spacial score (nSPS) is 23.2. The molecule has 0 aliphatic carbocycles. The Morgan fingerprint density at radius 3 is 2.24 bits per heavy atom. The monoisotopic (exact) mass is 527 g/mol. The molecule has 0 saturated heterocycles. The Bertz CT molecular complexity index is 950. The summed E-state index contributed by atoms with van der Waals surface area (Å²) in [7, 11) is -1.98. The lowest BCUT2D eigenvalue weighted by Crippen LogP contribution is -2.47. The molecule has 5 heteroatoms. The van der Waals surface area contributed by atoms with Crippen LogP contribution in [0.15, 0.2) is 71.2 Å². The first-order valence-electron chi connectivity index (χ1n) is 12.0. The zero-order chi connectivity index (χ0) is 24.2. The Morgan fingerprint density at radius 2 is 1.67 bits per heavy atom. The first kappa shape index (κ1) is 25.9. The number of halogens is 1. The zero-order valence-electron chi connectivity index (χ0n) is 20.8. The number of nitrogens with zero attached hydrogens (tertiary/aromatic N) is 1. The van der Waals surface area contributed by atoms with Crippen LogP contribution in [0.1, 0.15) is 57.7 Å². The van der Waals surface area contributed by atoms with E-state index in [0.29, 0.717) is 13.0 Å². The molecule has 1 amide bonds. The van der Waals surface area contributed by atoms with E-state index in [1.165, 1.54) is 0 Å². The van der Waals surface area contributed by atoms with E-state index in [1.807, 2.05) is 35.2 Å². The summed E-state index contributed by atoms with van der Waals surface area (Å²) >= 11 is 3.54. The molecule has 1 aliphatic rings. The lowest BCUT2D eigenvalue weighted by Gasteiger charge is -2.42. The van der Waals surface area contributed by atoms with Gasteiger partial charge >= 0.3 is 0 Å². The Labute approximate surface area is 209 Å². The van der Waals surface area contributed by atoms with Crippen LogP contribution >= 0.6 is 15.9 Å². The molecule has 0 radical (unpaired) electrons. The van der Waals surface area contributed by atoms with Crippen LogP contribution in [0.25, 0.3) is 0 Å². The first-order valence-corrected chi connectivity index (χ1v) is 15.7. The molecule has 0 aromatic heterocycles. The molecule has 0 spiro atoms. The highest BCUT2D eigenvalue weighted by molar-refractivity contribution is 9.10. The smallest absolute Gasteiger partial charge is 0.224 e. The number of hydrogen-bond donors (Lipinski definition) is 0. The highest BCUT2D eigenvalue weighted by Gasteiger charge is 2.41. The average molecular weight is 529 g/mol. The standard InChI is InChI=1S/C28H38BrNO2Si/c1-7-22-19-27(31)30(20-21-11-9-8-10-12-21)25(23-13-15-24(29)16-14-23)17-18-26(22)32-33(5,6)28(2,3)4/h8-18,22,25-26H,7,19-20H2,1-6H3/b18-17-/t22-,25-,26+/m1/s1. The lowest BCUT2D eigenvalue weighted by molar-refractivity contribution is -0.135. The molecule has 0 fully saturated rings. The number of carbonyl (C=O) groups is 1. The Hall–Kier alpha value is -1.69. The first-order chi connectivity index (χ1) is 15.5. The van der Waals surface area contributed by atoms with Crippen LogP contribution in [0.2, 0.25) is 18.1 Å².